The molecular formula is C23H26N2O3S2. The lowest BCUT2D eigenvalue weighted by Crippen LogP contribution is -2.18. The highest BCUT2D eigenvalue weighted by Crippen LogP contribution is 2.20. The summed E-state index contributed by atoms with van der Waals surface area (Å²) in [5, 5.41) is 0. The van der Waals surface area contributed by atoms with Gasteiger partial charge in [-0.3, -0.25) is 4.79 Å². The number of carbonyl (C=O) groups is 2. The highest BCUT2D eigenvalue weighted by Gasteiger charge is 2.12. The maximum absolute atomic E-state index is 12.6. The van der Waals surface area contributed by atoms with Crippen LogP contribution in [0.25, 0.3) is 10.2 Å². The average Bonchev–Trinajstić information content (AvgIpc) is 3.08. The van der Waals surface area contributed by atoms with E-state index in [0.29, 0.717) is 17.0 Å². The summed E-state index contributed by atoms with van der Waals surface area (Å²) in [6.45, 7) is 4.98. The predicted molar refractivity (Wildman–Crippen MR) is 124 cm³/mol. The number of hydrogen-bond donors (Lipinski definition) is 0. The first-order chi connectivity index (χ1) is 14.5. The van der Waals surface area contributed by atoms with Crippen LogP contribution >= 0.6 is 23.1 Å². The molecular weight excluding hydrogens is 416 g/mol. The van der Waals surface area contributed by atoms with Crippen LogP contribution in [0.2, 0.25) is 0 Å². The summed E-state index contributed by atoms with van der Waals surface area (Å²) >= 11 is 3.17. The highest BCUT2D eigenvalue weighted by molar-refractivity contribution is 7.98. The number of amides is 1. The molecule has 1 heterocycles. The molecule has 1 aromatic heterocycles. The molecule has 0 atom stereocenters. The van der Waals surface area contributed by atoms with Crippen LogP contribution in [0.4, 0.5) is 0 Å². The van der Waals surface area contributed by atoms with Crippen molar-refractivity contribution in [1.82, 2.24) is 4.57 Å². The molecule has 3 aromatic rings. The molecule has 30 heavy (non-hydrogen) atoms. The summed E-state index contributed by atoms with van der Waals surface area (Å²) in [6, 6.07) is 13.6. The van der Waals surface area contributed by atoms with Gasteiger partial charge in [0.05, 0.1) is 28.8 Å². The number of nitrogens with zero attached hydrogens (tertiary/aromatic N) is 2. The fourth-order valence-electron chi connectivity index (χ4n) is 3.11. The van der Waals surface area contributed by atoms with Gasteiger partial charge >= 0.3 is 5.97 Å². The van der Waals surface area contributed by atoms with E-state index in [1.54, 1.807) is 24.8 Å². The Kier molecular flexibility index (Phi) is 7.87. The topological polar surface area (TPSA) is 60.7 Å². The van der Waals surface area contributed by atoms with E-state index in [4.69, 9.17) is 4.74 Å². The summed E-state index contributed by atoms with van der Waals surface area (Å²) in [5.41, 5.74) is 3.69. The van der Waals surface area contributed by atoms with E-state index in [2.05, 4.69) is 34.9 Å². The number of rotatable bonds is 8. The average molecular weight is 443 g/mol. The van der Waals surface area contributed by atoms with Gasteiger partial charge in [0.25, 0.3) is 5.91 Å². The molecule has 5 nitrogen and oxygen atoms in total. The van der Waals surface area contributed by atoms with Crippen LogP contribution in [0.3, 0.4) is 0 Å². The molecule has 0 radical (unpaired) electrons. The van der Waals surface area contributed by atoms with E-state index in [9.17, 15) is 9.59 Å². The van der Waals surface area contributed by atoms with Crippen LogP contribution in [0, 0.1) is 0 Å². The first-order valence-electron chi connectivity index (χ1n) is 10.0. The number of fused-ring (bicyclic) bond motifs is 1. The number of esters is 1. The van der Waals surface area contributed by atoms with Gasteiger partial charge in [0, 0.05) is 12.3 Å². The van der Waals surface area contributed by atoms with Gasteiger partial charge in [-0.15, -0.1) is 0 Å². The predicted octanol–water partition coefficient (Wildman–Crippen LogP) is 4.47. The van der Waals surface area contributed by atoms with Gasteiger partial charge in [0.15, 0.2) is 4.80 Å². The Morgan fingerprint density at radius 1 is 1.10 bits per heavy atom. The second kappa shape index (κ2) is 10.6. The molecule has 2 aromatic carbocycles. The lowest BCUT2D eigenvalue weighted by molar-refractivity contribution is -0.117. The van der Waals surface area contributed by atoms with Gasteiger partial charge in [-0.1, -0.05) is 42.5 Å². The maximum atomic E-state index is 12.6. The molecule has 0 fully saturated rings. The van der Waals surface area contributed by atoms with Crippen LogP contribution in [0.5, 0.6) is 0 Å². The van der Waals surface area contributed by atoms with Crippen molar-refractivity contribution in [3.05, 3.63) is 64.0 Å². The van der Waals surface area contributed by atoms with E-state index in [1.165, 1.54) is 16.9 Å². The molecule has 0 saturated carbocycles. The molecule has 0 aliphatic rings. The van der Waals surface area contributed by atoms with Gasteiger partial charge in [0.1, 0.15) is 0 Å². The van der Waals surface area contributed by atoms with E-state index < -0.39 is 0 Å². The van der Waals surface area contributed by atoms with Gasteiger partial charge < -0.3 is 9.30 Å². The van der Waals surface area contributed by atoms with Crippen LogP contribution in [-0.2, 0) is 28.9 Å². The fraction of sp³-hybridized carbons (Fsp3) is 0.348. The molecule has 0 aliphatic heterocycles. The van der Waals surface area contributed by atoms with Crippen molar-refractivity contribution in [3.63, 3.8) is 0 Å². The minimum atomic E-state index is -0.339. The Balaban J connectivity index is 1.94. The van der Waals surface area contributed by atoms with Gasteiger partial charge in [0.2, 0.25) is 0 Å². The van der Waals surface area contributed by atoms with Crippen molar-refractivity contribution in [2.45, 2.75) is 33.2 Å². The Labute approximate surface area is 184 Å². The lowest BCUT2D eigenvalue weighted by atomic mass is 10.1. The Bertz CT molecular complexity index is 1100. The highest BCUT2D eigenvalue weighted by atomic mass is 32.2. The first-order valence-corrected chi connectivity index (χ1v) is 12.2. The summed E-state index contributed by atoms with van der Waals surface area (Å²) in [6.07, 6.45) is 3.30. The monoisotopic (exact) mass is 442 g/mol. The largest absolute Gasteiger partial charge is 0.462 e. The standard InChI is InChI=1S/C23H26N2O3S2/c1-4-16-6-8-17(9-7-16)14-21(26)24-23-25(12-13-29-3)19-11-10-18(15-20(19)30-23)22(27)28-5-2/h6-11,15H,4-5,12-14H2,1-3H3. The van der Waals surface area contributed by atoms with Crippen molar-refractivity contribution in [3.8, 4) is 0 Å². The third kappa shape index (κ3) is 5.40. The number of thioether (sulfide) groups is 1. The summed E-state index contributed by atoms with van der Waals surface area (Å²) < 4.78 is 8.08. The second-order valence-electron chi connectivity index (χ2n) is 6.78. The quantitative estimate of drug-likeness (QED) is 0.483. The second-order valence-corrected chi connectivity index (χ2v) is 8.78. The van der Waals surface area contributed by atoms with E-state index in [0.717, 1.165) is 34.5 Å². The Morgan fingerprint density at radius 3 is 2.50 bits per heavy atom. The number of aromatic nitrogens is 1. The smallest absolute Gasteiger partial charge is 0.338 e. The number of benzene rings is 2. The zero-order valence-electron chi connectivity index (χ0n) is 17.5. The minimum Gasteiger partial charge on any atom is -0.462 e. The molecule has 7 heteroatoms. The number of carbonyl (C=O) groups excluding carboxylic acids is 2. The van der Waals surface area contributed by atoms with E-state index in [1.807, 2.05) is 24.3 Å². The van der Waals surface area contributed by atoms with E-state index in [-0.39, 0.29) is 18.3 Å². The third-order valence-electron chi connectivity index (χ3n) is 4.72. The van der Waals surface area contributed by atoms with Crippen LogP contribution in [0.15, 0.2) is 47.5 Å². The summed E-state index contributed by atoms with van der Waals surface area (Å²) in [4.78, 5) is 29.8. The fourth-order valence-corrected chi connectivity index (χ4v) is 4.59. The van der Waals surface area contributed by atoms with Crippen LogP contribution < -0.4 is 4.80 Å². The minimum absolute atomic E-state index is 0.172. The molecule has 0 aliphatic carbocycles. The summed E-state index contributed by atoms with van der Waals surface area (Å²) in [5.74, 6) is 0.397. The molecule has 0 spiro atoms. The van der Waals surface area contributed by atoms with Gasteiger partial charge in [-0.25, -0.2) is 4.79 Å². The van der Waals surface area contributed by atoms with Crippen molar-refractivity contribution < 1.29 is 14.3 Å². The lowest BCUT2D eigenvalue weighted by Gasteiger charge is -2.05. The Morgan fingerprint density at radius 2 is 1.83 bits per heavy atom. The molecule has 0 saturated heterocycles. The first kappa shape index (κ1) is 22.3. The van der Waals surface area contributed by atoms with Crippen LogP contribution in [-0.4, -0.2) is 35.1 Å². The normalized spacial score (nSPS) is 11.8. The number of aryl methyl sites for hydroxylation is 2. The van der Waals surface area contributed by atoms with E-state index >= 15 is 0 Å². The number of thiazole rings is 1. The van der Waals surface area contributed by atoms with Gasteiger partial charge in [-0.05, 0) is 48.9 Å². The zero-order chi connectivity index (χ0) is 21.5. The molecule has 0 N–H and O–H groups in total. The Hall–Kier alpha value is -2.38. The zero-order valence-corrected chi connectivity index (χ0v) is 19.1. The molecule has 1 amide bonds. The SMILES string of the molecule is CCOC(=O)c1ccc2c(c1)sc(=NC(=O)Cc1ccc(CC)cc1)n2CCSC. The van der Waals surface area contributed by atoms with Crippen molar-refractivity contribution in [2.24, 2.45) is 4.99 Å². The molecule has 3 rings (SSSR count). The van der Waals surface area contributed by atoms with Crippen molar-refractivity contribution in [1.29, 1.82) is 0 Å². The third-order valence-corrected chi connectivity index (χ3v) is 6.35. The molecule has 158 valence electrons. The number of hydrogen-bond acceptors (Lipinski definition) is 5. The number of ether oxygens (including phenoxy) is 1. The van der Waals surface area contributed by atoms with Crippen LogP contribution in [0.1, 0.15) is 35.3 Å². The van der Waals surface area contributed by atoms with Crippen molar-refractivity contribution in [2.75, 3.05) is 18.6 Å². The molecule has 0 unspecified atom stereocenters. The van der Waals surface area contributed by atoms with Gasteiger partial charge in [-0.2, -0.15) is 16.8 Å². The maximum Gasteiger partial charge on any atom is 0.338 e. The molecule has 0 bridgehead atoms. The van der Waals surface area contributed by atoms with Crippen molar-refractivity contribution >= 4 is 45.2 Å². The summed E-state index contributed by atoms with van der Waals surface area (Å²) in [7, 11) is 0.